The van der Waals surface area contributed by atoms with E-state index in [1.165, 1.54) is 0 Å². The predicted octanol–water partition coefficient (Wildman–Crippen LogP) is 4.60. The van der Waals surface area contributed by atoms with Crippen molar-refractivity contribution in [2.24, 2.45) is 0 Å². The summed E-state index contributed by atoms with van der Waals surface area (Å²) in [6.07, 6.45) is 0. The van der Waals surface area contributed by atoms with E-state index in [1.807, 2.05) is 55.5 Å². The molecule has 3 rings (SSSR count). The molecule has 3 aromatic rings. The van der Waals surface area contributed by atoms with Gasteiger partial charge in [0.05, 0.1) is 0 Å². The number of ketones is 1. The van der Waals surface area contributed by atoms with Gasteiger partial charge in [0.25, 0.3) is 0 Å². The number of benzene rings is 3. The molecule has 0 heterocycles. The first-order chi connectivity index (χ1) is 10.7. The van der Waals surface area contributed by atoms with E-state index in [9.17, 15) is 9.90 Å². The molecule has 0 aromatic heterocycles. The summed E-state index contributed by atoms with van der Waals surface area (Å²) >= 11 is 0. The van der Waals surface area contributed by atoms with E-state index in [0.717, 1.165) is 11.1 Å². The smallest absolute Gasteiger partial charge is 0.193 e. The molecule has 0 atom stereocenters. The zero-order chi connectivity index (χ0) is 15.5. The highest BCUT2D eigenvalue weighted by Crippen LogP contribution is 2.33. The summed E-state index contributed by atoms with van der Waals surface area (Å²) in [4.78, 5) is 12.7. The summed E-state index contributed by atoms with van der Waals surface area (Å²) < 4.78 is 0. The molecule has 0 saturated heterocycles. The predicted molar refractivity (Wildman–Crippen MR) is 88.2 cm³/mol. The molecule has 0 aliphatic heterocycles. The minimum atomic E-state index is -0.0452. The van der Waals surface area contributed by atoms with Gasteiger partial charge >= 0.3 is 0 Å². The number of carbonyl (C=O) groups is 1. The fraction of sp³-hybridized carbons (Fsp3) is 0.0500. The van der Waals surface area contributed by atoms with Crippen LogP contribution in [-0.2, 0) is 0 Å². The average molecular weight is 288 g/mol. The molecule has 0 bridgehead atoms. The third-order valence-corrected chi connectivity index (χ3v) is 3.65. The van der Waals surface area contributed by atoms with Crippen LogP contribution in [0.15, 0.2) is 72.8 Å². The molecule has 2 nitrogen and oxygen atoms in total. The molecular weight excluding hydrogens is 272 g/mol. The molecule has 2 heteroatoms. The standard InChI is InChI=1S/C20H16O2/c1-14-11-12-17(19(21)13-14)16-9-5-6-10-18(16)20(22)15-7-3-2-4-8-15/h2-13,21H,1H3. The van der Waals surface area contributed by atoms with Gasteiger partial charge in [0.2, 0.25) is 0 Å². The van der Waals surface area contributed by atoms with Crippen LogP contribution >= 0.6 is 0 Å². The Balaban J connectivity index is 2.13. The van der Waals surface area contributed by atoms with Crippen LogP contribution in [-0.4, -0.2) is 10.9 Å². The van der Waals surface area contributed by atoms with Crippen molar-refractivity contribution in [2.75, 3.05) is 0 Å². The Morgan fingerprint density at radius 1 is 0.818 bits per heavy atom. The first kappa shape index (κ1) is 14.1. The number of rotatable bonds is 3. The maximum absolute atomic E-state index is 12.7. The maximum Gasteiger partial charge on any atom is 0.193 e. The monoisotopic (exact) mass is 288 g/mol. The van der Waals surface area contributed by atoms with Crippen molar-refractivity contribution in [2.45, 2.75) is 6.92 Å². The highest BCUT2D eigenvalue weighted by atomic mass is 16.3. The second-order valence-corrected chi connectivity index (χ2v) is 5.26. The topological polar surface area (TPSA) is 37.3 Å². The first-order valence-corrected chi connectivity index (χ1v) is 7.15. The van der Waals surface area contributed by atoms with Gasteiger partial charge < -0.3 is 5.11 Å². The molecule has 0 amide bonds. The molecule has 22 heavy (non-hydrogen) atoms. The molecule has 0 saturated carbocycles. The lowest BCUT2D eigenvalue weighted by molar-refractivity contribution is 0.103. The van der Waals surface area contributed by atoms with Crippen LogP contribution in [0.25, 0.3) is 11.1 Å². The van der Waals surface area contributed by atoms with E-state index >= 15 is 0 Å². The van der Waals surface area contributed by atoms with Crippen molar-refractivity contribution in [1.82, 2.24) is 0 Å². The van der Waals surface area contributed by atoms with Gasteiger partial charge in [0.1, 0.15) is 5.75 Å². The van der Waals surface area contributed by atoms with Crippen molar-refractivity contribution in [3.05, 3.63) is 89.5 Å². The Bertz CT molecular complexity index is 820. The summed E-state index contributed by atoms with van der Waals surface area (Å²) in [5.41, 5.74) is 3.63. The van der Waals surface area contributed by atoms with E-state index in [0.29, 0.717) is 16.7 Å². The van der Waals surface area contributed by atoms with Gasteiger partial charge in [-0.1, -0.05) is 66.7 Å². The van der Waals surface area contributed by atoms with Gasteiger partial charge in [-0.2, -0.15) is 0 Å². The maximum atomic E-state index is 12.7. The highest BCUT2D eigenvalue weighted by Gasteiger charge is 2.16. The largest absolute Gasteiger partial charge is 0.507 e. The molecule has 0 aliphatic rings. The molecule has 0 aliphatic carbocycles. The lowest BCUT2D eigenvalue weighted by Crippen LogP contribution is -2.03. The van der Waals surface area contributed by atoms with Crippen LogP contribution in [0.5, 0.6) is 5.75 Å². The number of carbonyl (C=O) groups excluding carboxylic acids is 1. The van der Waals surface area contributed by atoms with Crippen molar-refractivity contribution in [3.8, 4) is 16.9 Å². The lowest BCUT2D eigenvalue weighted by Gasteiger charge is -2.11. The molecule has 3 aromatic carbocycles. The number of aromatic hydroxyl groups is 1. The average Bonchev–Trinajstić information content (AvgIpc) is 2.55. The summed E-state index contributed by atoms with van der Waals surface area (Å²) in [7, 11) is 0. The molecular formula is C20H16O2. The summed E-state index contributed by atoms with van der Waals surface area (Å²) in [5.74, 6) is 0.143. The fourth-order valence-corrected chi connectivity index (χ4v) is 2.53. The van der Waals surface area contributed by atoms with E-state index in [2.05, 4.69) is 0 Å². The molecule has 1 N–H and O–H groups in total. The number of phenols is 1. The normalized spacial score (nSPS) is 10.4. The second kappa shape index (κ2) is 5.86. The Morgan fingerprint density at radius 3 is 2.23 bits per heavy atom. The van der Waals surface area contributed by atoms with Gasteiger partial charge in [-0.25, -0.2) is 0 Å². The Labute approximate surface area is 129 Å². The second-order valence-electron chi connectivity index (χ2n) is 5.26. The molecule has 0 fully saturated rings. The SMILES string of the molecule is Cc1ccc(-c2ccccc2C(=O)c2ccccc2)c(O)c1. The van der Waals surface area contributed by atoms with Gasteiger partial charge in [-0.3, -0.25) is 4.79 Å². The minimum Gasteiger partial charge on any atom is -0.507 e. The highest BCUT2D eigenvalue weighted by molar-refractivity contribution is 6.13. The lowest BCUT2D eigenvalue weighted by atomic mass is 9.93. The molecule has 0 spiro atoms. The van der Waals surface area contributed by atoms with Crippen molar-refractivity contribution in [1.29, 1.82) is 0 Å². The first-order valence-electron chi connectivity index (χ1n) is 7.15. The number of hydrogen-bond acceptors (Lipinski definition) is 2. The van der Waals surface area contributed by atoms with Crippen LogP contribution in [0.4, 0.5) is 0 Å². The third-order valence-electron chi connectivity index (χ3n) is 3.65. The van der Waals surface area contributed by atoms with Crippen molar-refractivity contribution >= 4 is 5.78 Å². The van der Waals surface area contributed by atoms with Crippen LogP contribution in [0, 0.1) is 6.92 Å². The van der Waals surface area contributed by atoms with Gasteiger partial charge in [0.15, 0.2) is 5.78 Å². The van der Waals surface area contributed by atoms with Gasteiger partial charge in [0, 0.05) is 16.7 Å². The minimum absolute atomic E-state index is 0.0452. The van der Waals surface area contributed by atoms with Crippen LogP contribution in [0.3, 0.4) is 0 Å². The molecule has 108 valence electrons. The summed E-state index contributed by atoms with van der Waals surface area (Å²) in [5, 5.41) is 10.2. The fourth-order valence-electron chi connectivity index (χ4n) is 2.53. The number of aryl methyl sites for hydroxylation is 1. The Kier molecular flexibility index (Phi) is 3.75. The van der Waals surface area contributed by atoms with Crippen molar-refractivity contribution in [3.63, 3.8) is 0 Å². The van der Waals surface area contributed by atoms with E-state index in [4.69, 9.17) is 0 Å². The Morgan fingerprint density at radius 2 is 1.50 bits per heavy atom. The Hall–Kier alpha value is -2.87. The number of phenolic OH excluding ortho intramolecular Hbond substituents is 1. The van der Waals surface area contributed by atoms with E-state index in [1.54, 1.807) is 24.3 Å². The molecule has 0 radical (unpaired) electrons. The van der Waals surface area contributed by atoms with Crippen molar-refractivity contribution < 1.29 is 9.90 Å². The van der Waals surface area contributed by atoms with E-state index < -0.39 is 0 Å². The quantitative estimate of drug-likeness (QED) is 0.715. The zero-order valence-corrected chi connectivity index (χ0v) is 12.3. The third kappa shape index (κ3) is 2.63. The van der Waals surface area contributed by atoms with E-state index in [-0.39, 0.29) is 11.5 Å². The van der Waals surface area contributed by atoms with Crippen LogP contribution in [0.2, 0.25) is 0 Å². The summed E-state index contributed by atoms with van der Waals surface area (Å²) in [6, 6.07) is 22.0. The molecule has 0 unspecified atom stereocenters. The number of hydrogen-bond donors (Lipinski definition) is 1. The zero-order valence-electron chi connectivity index (χ0n) is 12.3. The summed E-state index contributed by atoms with van der Waals surface area (Å²) in [6.45, 7) is 1.92. The van der Waals surface area contributed by atoms with Crippen LogP contribution < -0.4 is 0 Å². The van der Waals surface area contributed by atoms with Gasteiger partial charge in [-0.05, 0) is 24.1 Å². The van der Waals surface area contributed by atoms with Gasteiger partial charge in [-0.15, -0.1) is 0 Å². The van der Waals surface area contributed by atoms with Crippen LogP contribution in [0.1, 0.15) is 21.5 Å².